The third-order valence-corrected chi connectivity index (χ3v) is 3.01. The first-order chi connectivity index (χ1) is 9.28. The lowest BCUT2D eigenvalue weighted by Crippen LogP contribution is -2.51. The maximum absolute atomic E-state index is 11.8. The largest absolute Gasteiger partial charge is 0.368 e. The summed E-state index contributed by atoms with van der Waals surface area (Å²) in [5.74, 6) is -0.437. The number of piperidine rings is 1. The van der Waals surface area contributed by atoms with Crippen molar-refractivity contribution in [3.63, 3.8) is 0 Å². The Balaban J connectivity index is 2.25. The van der Waals surface area contributed by atoms with E-state index in [0.29, 0.717) is 0 Å². The van der Waals surface area contributed by atoms with Crippen LogP contribution in [-0.2, 0) is 14.3 Å². The fraction of sp³-hybridized carbons (Fsp3) is 0.857. The Labute approximate surface area is 121 Å². The first-order valence-corrected chi connectivity index (χ1v) is 7.21. The van der Waals surface area contributed by atoms with Crippen molar-refractivity contribution in [3.8, 4) is 0 Å². The highest BCUT2D eigenvalue weighted by Gasteiger charge is 2.21. The molecule has 0 aromatic carbocycles. The molecule has 0 spiro atoms. The van der Waals surface area contributed by atoms with E-state index in [4.69, 9.17) is 4.74 Å². The Bertz CT molecular complexity index is 333. The molecule has 0 aromatic heterocycles. The molecule has 1 aliphatic rings. The molecule has 0 radical (unpaired) electrons. The Kier molecular flexibility index (Phi) is 6.42. The fourth-order valence-corrected chi connectivity index (χ4v) is 1.98. The molecule has 6 nitrogen and oxygen atoms in total. The average Bonchev–Trinajstić information content (AvgIpc) is 2.35. The van der Waals surface area contributed by atoms with Crippen LogP contribution < -0.4 is 16.0 Å². The van der Waals surface area contributed by atoms with Gasteiger partial charge in [0.25, 0.3) is 0 Å². The Morgan fingerprint density at radius 2 is 1.90 bits per heavy atom. The van der Waals surface area contributed by atoms with E-state index in [9.17, 15) is 9.59 Å². The van der Waals surface area contributed by atoms with Crippen LogP contribution in [0.15, 0.2) is 0 Å². The van der Waals surface area contributed by atoms with Gasteiger partial charge in [0.2, 0.25) is 11.8 Å². The van der Waals surface area contributed by atoms with Gasteiger partial charge in [0.1, 0.15) is 12.6 Å². The van der Waals surface area contributed by atoms with Gasteiger partial charge < -0.3 is 20.7 Å². The van der Waals surface area contributed by atoms with Crippen LogP contribution in [0.25, 0.3) is 0 Å². The van der Waals surface area contributed by atoms with Crippen LogP contribution in [0.5, 0.6) is 0 Å². The minimum atomic E-state index is -0.557. The van der Waals surface area contributed by atoms with Crippen molar-refractivity contribution in [2.75, 3.05) is 19.7 Å². The predicted molar refractivity (Wildman–Crippen MR) is 77.3 cm³/mol. The molecular weight excluding hydrogens is 258 g/mol. The second kappa shape index (κ2) is 7.59. The topological polar surface area (TPSA) is 79.5 Å². The molecule has 1 saturated heterocycles. The minimum Gasteiger partial charge on any atom is -0.368 e. The highest BCUT2D eigenvalue weighted by molar-refractivity contribution is 5.88. The maximum Gasteiger partial charge on any atom is 0.246 e. The minimum absolute atomic E-state index is 0.0117. The van der Waals surface area contributed by atoms with E-state index in [1.807, 2.05) is 20.8 Å². The van der Waals surface area contributed by atoms with E-state index in [2.05, 4.69) is 16.0 Å². The van der Waals surface area contributed by atoms with Gasteiger partial charge in [-0.1, -0.05) is 0 Å². The standard InChI is InChI=1S/C14H27N3O3/c1-10(13(19)17-14(2,3)4)16-12(18)9-20-11-5-7-15-8-6-11/h10-11,15H,5-9H2,1-4H3,(H,16,18)(H,17,19). The van der Waals surface area contributed by atoms with E-state index >= 15 is 0 Å². The molecule has 1 fully saturated rings. The zero-order valence-electron chi connectivity index (χ0n) is 12.9. The first-order valence-electron chi connectivity index (χ1n) is 7.21. The molecule has 3 N–H and O–H groups in total. The van der Waals surface area contributed by atoms with E-state index in [1.165, 1.54) is 0 Å². The van der Waals surface area contributed by atoms with Gasteiger partial charge in [-0.15, -0.1) is 0 Å². The smallest absolute Gasteiger partial charge is 0.246 e. The molecule has 1 heterocycles. The highest BCUT2D eigenvalue weighted by atomic mass is 16.5. The summed E-state index contributed by atoms with van der Waals surface area (Å²) < 4.78 is 5.54. The molecule has 6 heteroatoms. The van der Waals surface area contributed by atoms with Gasteiger partial charge in [0.15, 0.2) is 0 Å². The number of nitrogens with one attached hydrogen (secondary N) is 3. The van der Waals surface area contributed by atoms with Gasteiger partial charge in [0.05, 0.1) is 6.10 Å². The number of rotatable bonds is 5. The van der Waals surface area contributed by atoms with Crippen LogP contribution in [0.1, 0.15) is 40.5 Å². The second-order valence-electron chi connectivity index (χ2n) is 6.29. The predicted octanol–water partition coefficient (Wildman–Crippen LogP) is 0.174. The first kappa shape index (κ1) is 16.9. The van der Waals surface area contributed by atoms with Crippen molar-refractivity contribution in [2.24, 2.45) is 0 Å². The van der Waals surface area contributed by atoms with Crippen LogP contribution in [0, 0.1) is 0 Å². The molecule has 1 aliphatic heterocycles. The van der Waals surface area contributed by atoms with Crippen LogP contribution in [0.2, 0.25) is 0 Å². The summed E-state index contributed by atoms with van der Waals surface area (Å²) in [6.07, 6.45) is 1.99. The number of hydrogen-bond donors (Lipinski definition) is 3. The SMILES string of the molecule is CC(NC(=O)COC1CCNCC1)C(=O)NC(C)(C)C. The summed E-state index contributed by atoms with van der Waals surface area (Å²) in [5.41, 5.74) is -0.304. The van der Waals surface area contributed by atoms with Crippen molar-refractivity contribution < 1.29 is 14.3 Å². The summed E-state index contributed by atoms with van der Waals surface area (Å²) >= 11 is 0. The van der Waals surface area contributed by atoms with E-state index in [0.717, 1.165) is 25.9 Å². The molecule has 0 saturated carbocycles. The molecule has 2 amide bonds. The Hall–Kier alpha value is -1.14. The van der Waals surface area contributed by atoms with Crippen molar-refractivity contribution >= 4 is 11.8 Å². The molecular formula is C14H27N3O3. The molecule has 1 atom stereocenters. The van der Waals surface area contributed by atoms with Crippen LogP contribution >= 0.6 is 0 Å². The molecule has 20 heavy (non-hydrogen) atoms. The van der Waals surface area contributed by atoms with E-state index < -0.39 is 6.04 Å². The number of ether oxygens (including phenoxy) is 1. The number of hydrogen-bond acceptors (Lipinski definition) is 4. The zero-order chi connectivity index (χ0) is 15.2. The molecule has 0 aliphatic carbocycles. The average molecular weight is 285 g/mol. The molecule has 0 bridgehead atoms. The lowest BCUT2D eigenvalue weighted by atomic mass is 10.1. The van der Waals surface area contributed by atoms with Gasteiger partial charge in [0, 0.05) is 5.54 Å². The lowest BCUT2D eigenvalue weighted by Gasteiger charge is -2.25. The number of carbonyl (C=O) groups is 2. The van der Waals surface area contributed by atoms with E-state index in [-0.39, 0.29) is 30.1 Å². The Morgan fingerprint density at radius 3 is 2.45 bits per heavy atom. The van der Waals surface area contributed by atoms with Crippen molar-refractivity contribution in [1.82, 2.24) is 16.0 Å². The summed E-state index contributed by atoms with van der Waals surface area (Å²) in [7, 11) is 0. The quantitative estimate of drug-likeness (QED) is 0.673. The third kappa shape index (κ3) is 6.86. The summed E-state index contributed by atoms with van der Waals surface area (Å²) in [6.45, 7) is 9.24. The molecule has 1 rings (SSSR count). The maximum atomic E-state index is 11.8. The monoisotopic (exact) mass is 285 g/mol. The second-order valence-corrected chi connectivity index (χ2v) is 6.29. The molecule has 0 aromatic rings. The molecule has 1 unspecified atom stereocenters. The lowest BCUT2D eigenvalue weighted by molar-refractivity contribution is -0.133. The zero-order valence-corrected chi connectivity index (χ0v) is 12.9. The van der Waals surface area contributed by atoms with Crippen LogP contribution in [0.4, 0.5) is 0 Å². The third-order valence-electron chi connectivity index (χ3n) is 3.01. The highest BCUT2D eigenvalue weighted by Crippen LogP contribution is 2.06. The van der Waals surface area contributed by atoms with Crippen molar-refractivity contribution in [2.45, 2.75) is 58.2 Å². The van der Waals surface area contributed by atoms with E-state index in [1.54, 1.807) is 6.92 Å². The van der Waals surface area contributed by atoms with Gasteiger partial charge >= 0.3 is 0 Å². The number of carbonyl (C=O) groups excluding carboxylic acids is 2. The summed E-state index contributed by atoms with van der Waals surface area (Å²) in [4.78, 5) is 23.6. The van der Waals surface area contributed by atoms with Gasteiger partial charge in [-0.05, 0) is 53.6 Å². The van der Waals surface area contributed by atoms with Gasteiger partial charge in [-0.25, -0.2) is 0 Å². The number of amides is 2. The van der Waals surface area contributed by atoms with Gasteiger partial charge in [-0.2, -0.15) is 0 Å². The van der Waals surface area contributed by atoms with Crippen molar-refractivity contribution in [3.05, 3.63) is 0 Å². The molecule has 116 valence electrons. The Morgan fingerprint density at radius 1 is 1.30 bits per heavy atom. The van der Waals surface area contributed by atoms with Crippen molar-refractivity contribution in [1.29, 1.82) is 0 Å². The van der Waals surface area contributed by atoms with Crippen LogP contribution in [-0.4, -0.2) is 49.2 Å². The summed E-state index contributed by atoms with van der Waals surface area (Å²) in [5, 5.41) is 8.71. The summed E-state index contributed by atoms with van der Waals surface area (Å²) in [6, 6.07) is -0.557. The normalized spacial score (nSPS) is 18.4. The van der Waals surface area contributed by atoms with Crippen LogP contribution in [0.3, 0.4) is 0 Å². The van der Waals surface area contributed by atoms with Gasteiger partial charge in [-0.3, -0.25) is 9.59 Å². The fourth-order valence-electron chi connectivity index (χ4n) is 1.98.